The molecular weight excluding hydrogens is 1860 g/mol. The summed E-state index contributed by atoms with van der Waals surface area (Å²) in [6.07, 6.45) is 4.47. The number of methoxy groups -OCH3 is 1. The monoisotopic (exact) mass is 1940 g/mol. The van der Waals surface area contributed by atoms with Gasteiger partial charge in [-0.1, -0.05) is 358 Å². The molecule has 0 saturated heterocycles. The Morgan fingerprint density at radius 1 is 0.221 bits per heavy atom. The van der Waals surface area contributed by atoms with Crippen molar-refractivity contribution in [3.63, 3.8) is 0 Å². The van der Waals surface area contributed by atoms with Crippen LogP contribution in [0, 0.1) is 6.92 Å². The first-order chi connectivity index (χ1) is 71.7. The van der Waals surface area contributed by atoms with Crippen molar-refractivity contribution in [3.8, 4) is 80.9 Å². The number of para-hydroxylation sites is 5. The summed E-state index contributed by atoms with van der Waals surface area (Å²) in [5.41, 5.74) is 23.4. The Kier molecular flexibility index (Phi) is 20.9. The van der Waals surface area contributed by atoms with Crippen LogP contribution in [0.25, 0.3) is 268 Å². The van der Waals surface area contributed by atoms with Crippen LogP contribution in [0.1, 0.15) is 16.7 Å². The maximum Gasteiger partial charge on any atom is 0.125 e. The number of anilines is 3. The van der Waals surface area contributed by atoms with Gasteiger partial charge in [-0.25, -0.2) is 24.9 Å². The van der Waals surface area contributed by atoms with Gasteiger partial charge in [0.05, 0.1) is 63.9 Å². The summed E-state index contributed by atoms with van der Waals surface area (Å²) in [4.78, 5) is 27.5. The van der Waals surface area contributed by atoms with Crippen molar-refractivity contribution in [3.05, 3.63) is 466 Å². The zero-order valence-corrected chi connectivity index (χ0v) is 82.6. The quantitative estimate of drug-likeness (QED) is 0.0841. The highest BCUT2D eigenvalue weighted by Crippen LogP contribution is 2.53. The molecule has 0 N–H and O–H groups in total. The molecule has 0 radical (unpaired) electrons. The third kappa shape index (κ3) is 14.9. The minimum absolute atomic E-state index is 0.863. The van der Waals surface area contributed by atoms with Crippen molar-refractivity contribution in [2.24, 2.45) is 0 Å². The number of hydrogen-bond acceptors (Lipinski definition) is 12. The molecule has 0 bridgehead atoms. The zero-order chi connectivity index (χ0) is 95.8. The van der Waals surface area contributed by atoms with E-state index in [2.05, 4.69) is 461 Å². The summed E-state index contributed by atoms with van der Waals surface area (Å²) in [5.74, 6) is 0.863. The first kappa shape index (κ1) is 85.6. The summed E-state index contributed by atoms with van der Waals surface area (Å²) in [6, 6.07) is 161. The van der Waals surface area contributed by atoms with E-state index in [0.29, 0.717) is 0 Å². The van der Waals surface area contributed by atoms with Gasteiger partial charge in [-0.05, 0) is 273 Å². The fourth-order valence-electron chi connectivity index (χ4n) is 21.9. The largest absolute Gasteiger partial charge is 0.497 e. The zero-order valence-electron chi connectivity index (χ0n) is 78.5. The second-order valence-corrected chi connectivity index (χ2v) is 42.2. The van der Waals surface area contributed by atoms with Crippen molar-refractivity contribution >= 4 is 266 Å². The molecule has 0 spiro atoms. The summed E-state index contributed by atoms with van der Waals surface area (Å²) >= 11 is 8.79. The highest BCUT2D eigenvalue weighted by molar-refractivity contribution is 7.23. The van der Waals surface area contributed by atoms with Gasteiger partial charge >= 0.3 is 0 Å². The molecule has 0 atom stereocenters. The van der Waals surface area contributed by atoms with E-state index in [1.807, 2.05) is 12.1 Å². The Bertz CT molecular complexity index is 10400. The fourth-order valence-corrected chi connectivity index (χ4v) is 27.0. The molecule has 26 aromatic carbocycles. The molecule has 0 amide bonds. The number of aromatic nitrogens is 5. The first-order valence-electron chi connectivity index (χ1n) is 48.7. The first-order valence-corrected chi connectivity index (χ1v) is 52.8. The average molecular weight is 1940 g/mol. The second kappa shape index (κ2) is 35.4. The van der Waals surface area contributed by atoms with E-state index in [4.69, 9.17) is 29.7 Å². The summed E-state index contributed by atoms with van der Waals surface area (Å²) in [6.45, 7) is 2.14. The normalized spacial score (nSPS) is 11.9. The van der Waals surface area contributed by atoms with E-state index in [9.17, 15) is 0 Å². The van der Waals surface area contributed by atoms with Gasteiger partial charge in [-0.15, -0.1) is 56.7 Å². The Morgan fingerprint density at radius 2 is 0.517 bits per heavy atom. The highest BCUT2D eigenvalue weighted by Gasteiger charge is 2.26. The lowest BCUT2D eigenvalue weighted by Crippen LogP contribution is -2.10. The van der Waals surface area contributed by atoms with Gasteiger partial charge in [0.15, 0.2) is 0 Å². The number of ether oxygens (including phenoxy) is 1. The highest BCUT2D eigenvalue weighted by atomic mass is 32.1. The molecule has 12 heteroatoms. The number of aryl methyl sites for hydroxylation is 1. The SMILES string of the molecule is C(=C\c1cc(-c2nc3ccccc3s2)c2ccc3ccc(-c4nc5ccccc5s4)c4ccc1c2c34)/c1ccccc1.COc1ccc2nc(-c3ccc4ccc5c(-c6ccccc6)ccc6ccc3c4c65)sc2c1.Cc1ccc2nc(-c3ccc4ccc5c(-c6ccccc6)ccc6ccc3c4c65)sc2c1.c1ccc(N(c2ccccc2)c2ccc3ccc4c(-c5nc6ccccc6s5)ccc5ccc2c3c54)cc1. The molecule has 680 valence electrons. The van der Waals surface area contributed by atoms with Crippen LogP contribution in [-0.2, 0) is 0 Å². The lowest BCUT2D eigenvalue weighted by Gasteiger charge is -2.27. The molecule has 5 heterocycles. The van der Waals surface area contributed by atoms with Gasteiger partial charge in [-0.2, -0.15) is 0 Å². The van der Waals surface area contributed by atoms with E-state index in [1.54, 1.807) is 63.8 Å². The molecule has 0 aliphatic heterocycles. The van der Waals surface area contributed by atoms with Crippen LogP contribution >= 0.6 is 56.7 Å². The van der Waals surface area contributed by atoms with Crippen LogP contribution < -0.4 is 9.64 Å². The van der Waals surface area contributed by atoms with Gasteiger partial charge in [0, 0.05) is 44.6 Å². The number of fused-ring (bicyclic) bond motifs is 5. The second-order valence-electron chi connectivity index (χ2n) is 37.1. The lowest BCUT2D eigenvalue weighted by molar-refractivity contribution is 0.415. The van der Waals surface area contributed by atoms with Crippen molar-refractivity contribution < 1.29 is 4.74 Å². The lowest BCUT2D eigenvalue weighted by atomic mass is 9.88. The Labute approximate surface area is 854 Å². The fraction of sp³-hybridized carbons (Fsp3) is 0.0150. The number of nitrogens with zero attached hydrogens (tertiary/aromatic N) is 6. The van der Waals surface area contributed by atoms with Gasteiger partial charge in [0.2, 0.25) is 0 Å². The summed E-state index contributed by atoms with van der Waals surface area (Å²) in [5, 5.41) is 36.0. The summed E-state index contributed by atoms with van der Waals surface area (Å²) in [7, 11) is 1.70. The predicted octanol–water partition coefficient (Wildman–Crippen LogP) is 39.0. The topological polar surface area (TPSA) is 76.9 Å². The molecule has 0 aliphatic carbocycles. The Hall–Kier alpha value is -17.3. The van der Waals surface area contributed by atoms with E-state index >= 15 is 0 Å². The molecule has 0 saturated carbocycles. The molecule has 31 rings (SSSR count). The van der Waals surface area contributed by atoms with Crippen LogP contribution in [0.2, 0.25) is 0 Å². The standard InChI is InChI=1S/C38H22N2S2.C35H22N2S.C30H19NOS.C30H19NS/c1-2-8-23(9-3-1)14-15-25-22-30(38-40-32-11-5-7-13-34(32)42-38)28-18-16-24-17-19-29(27-21-20-26(25)36(28)35(24)27)37-39-31-10-4-6-12-33(31)41-37;1-3-9-25(10-4-1)37(26-11-5-2-6-12-26)31-22-18-24-15-19-27-28(35-36-30-13-7-8-14-32(30)38-35)20-16-23-17-21-29(31)34(24)33(23)27;1-32-21-11-16-26-27(17-21)33-30(31-26)25-15-10-20-8-13-23-22(18-5-3-2-4-6-18)12-7-19-9-14-24(25)29(20)28(19)23;1-18-7-16-26-27(17-18)32-30(31-26)25-15-11-21-9-13-23-22(19-5-3-2-4-6-19)12-8-20-10-14-24(25)29(21)28(20)23/h1-22H;1-22H;2-17H,1H3;2-17H,1H3/b15-14+;;;. The minimum Gasteiger partial charge on any atom is -0.497 e. The molecule has 145 heavy (non-hydrogen) atoms. The van der Waals surface area contributed by atoms with Crippen molar-refractivity contribution in [1.82, 2.24) is 24.9 Å². The molecule has 5 aromatic heterocycles. The molecule has 0 unspecified atom stereocenters. The van der Waals surface area contributed by atoms with E-state index < -0.39 is 0 Å². The molecule has 7 nitrogen and oxygen atoms in total. The van der Waals surface area contributed by atoms with Gasteiger partial charge in [0.25, 0.3) is 0 Å². The van der Waals surface area contributed by atoms with Crippen LogP contribution in [0.4, 0.5) is 17.1 Å². The van der Waals surface area contributed by atoms with Gasteiger partial charge in [0.1, 0.15) is 30.8 Å². The molecule has 0 aliphatic rings. The summed E-state index contributed by atoms with van der Waals surface area (Å²) < 4.78 is 11.4. The number of thiazole rings is 5. The molecular formula is C133H82N6OS5. The third-order valence-corrected chi connectivity index (χ3v) is 34.0. The van der Waals surface area contributed by atoms with Crippen LogP contribution in [-0.4, -0.2) is 32.0 Å². The Balaban J connectivity index is 0.0000000943. The Morgan fingerprint density at radius 3 is 0.931 bits per heavy atom. The molecule has 0 fully saturated rings. The number of benzene rings is 26. The average Bonchev–Trinajstić information content (AvgIpc) is 1.68. The van der Waals surface area contributed by atoms with E-state index in [1.165, 1.54) is 221 Å². The molecule has 31 aromatic rings. The van der Waals surface area contributed by atoms with Crippen molar-refractivity contribution in [1.29, 1.82) is 0 Å². The maximum absolute atomic E-state index is 5.41. The van der Waals surface area contributed by atoms with E-state index in [-0.39, 0.29) is 0 Å². The van der Waals surface area contributed by atoms with Crippen LogP contribution in [0.5, 0.6) is 5.75 Å². The number of rotatable bonds is 13. The van der Waals surface area contributed by atoms with Crippen LogP contribution in [0.3, 0.4) is 0 Å². The van der Waals surface area contributed by atoms with Gasteiger partial charge in [-0.3, -0.25) is 0 Å². The third-order valence-electron chi connectivity index (χ3n) is 28.7. The van der Waals surface area contributed by atoms with E-state index in [0.717, 1.165) is 74.4 Å². The minimum atomic E-state index is 0.863. The smallest absolute Gasteiger partial charge is 0.125 e. The van der Waals surface area contributed by atoms with Crippen molar-refractivity contribution in [2.75, 3.05) is 12.0 Å². The number of hydrogen-bond donors (Lipinski definition) is 0. The predicted molar refractivity (Wildman–Crippen MR) is 626 cm³/mol. The van der Waals surface area contributed by atoms with Crippen LogP contribution in [0.15, 0.2) is 449 Å². The van der Waals surface area contributed by atoms with Gasteiger partial charge < -0.3 is 9.64 Å². The van der Waals surface area contributed by atoms with Crippen molar-refractivity contribution in [2.45, 2.75) is 6.92 Å². The maximum atomic E-state index is 5.41.